The molecule has 0 amide bonds. The normalized spacial score (nSPS) is 10.5. The SMILES string of the molecule is CCCOc1ccc(OP(O)Oc2ccc(OCCC)cc2)cc1. The molecule has 0 spiro atoms. The lowest BCUT2D eigenvalue weighted by Crippen LogP contribution is -1.97. The average Bonchev–Trinajstić information content (AvgIpc) is 2.60. The van der Waals surface area contributed by atoms with Gasteiger partial charge in [-0.3, -0.25) is 0 Å². The third kappa shape index (κ3) is 6.26. The molecule has 0 radical (unpaired) electrons. The molecule has 1 N–H and O–H groups in total. The second-order valence-electron chi connectivity index (χ2n) is 5.06. The zero-order valence-corrected chi connectivity index (χ0v) is 14.9. The first-order chi connectivity index (χ1) is 11.7. The van der Waals surface area contributed by atoms with Crippen molar-refractivity contribution in [3.8, 4) is 23.0 Å². The fourth-order valence-corrected chi connectivity index (χ4v) is 2.47. The third-order valence-electron chi connectivity index (χ3n) is 2.96. The molecule has 0 saturated heterocycles. The van der Waals surface area contributed by atoms with Crippen LogP contribution in [-0.4, -0.2) is 18.1 Å². The lowest BCUT2D eigenvalue weighted by atomic mass is 10.3. The van der Waals surface area contributed by atoms with Crippen LogP contribution in [0.2, 0.25) is 0 Å². The van der Waals surface area contributed by atoms with Gasteiger partial charge < -0.3 is 23.4 Å². The average molecular weight is 350 g/mol. The van der Waals surface area contributed by atoms with E-state index >= 15 is 0 Å². The van der Waals surface area contributed by atoms with Gasteiger partial charge in [0.05, 0.1) is 13.2 Å². The number of benzene rings is 2. The van der Waals surface area contributed by atoms with Crippen molar-refractivity contribution in [1.82, 2.24) is 0 Å². The predicted molar refractivity (Wildman–Crippen MR) is 94.9 cm³/mol. The van der Waals surface area contributed by atoms with Gasteiger partial charge in [0.25, 0.3) is 0 Å². The summed E-state index contributed by atoms with van der Waals surface area (Å²) in [5.74, 6) is 2.59. The fraction of sp³-hybridized carbons (Fsp3) is 0.333. The first kappa shape index (κ1) is 18.4. The van der Waals surface area contributed by atoms with Crippen LogP contribution in [0.15, 0.2) is 48.5 Å². The molecule has 6 heteroatoms. The molecule has 0 aliphatic rings. The van der Waals surface area contributed by atoms with Crippen molar-refractivity contribution in [2.75, 3.05) is 13.2 Å². The van der Waals surface area contributed by atoms with Gasteiger partial charge >= 0.3 is 8.60 Å². The fourth-order valence-electron chi connectivity index (χ4n) is 1.83. The molecular weight excluding hydrogens is 327 g/mol. The van der Waals surface area contributed by atoms with Crippen molar-refractivity contribution in [2.45, 2.75) is 26.7 Å². The Balaban J connectivity index is 1.82. The van der Waals surface area contributed by atoms with Gasteiger partial charge in [-0.2, -0.15) is 0 Å². The maximum Gasteiger partial charge on any atom is 0.460 e. The van der Waals surface area contributed by atoms with E-state index in [1.807, 2.05) is 0 Å². The Kier molecular flexibility index (Phi) is 7.66. The van der Waals surface area contributed by atoms with Gasteiger partial charge in [0.15, 0.2) is 0 Å². The van der Waals surface area contributed by atoms with Crippen LogP contribution in [0, 0.1) is 0 Å². The van der Waals surface area contributed by atoms with Gasteiger partial charge in [0, 0.05) is 0 Å². The first-order valence-electron chi connectivity index (χ1n) is 8.02. The molecule has 0 aromatic heterocycles. The summed E-state index contributed by atoms with van der Waals surface area (Å²) in [6.45, 7) is 5.45. The van der Waals surface area contributed by atoms with Crippen LogP contribution < -0.4 is 18.5 Å². The van der Waals surface area contributed by atoms with E-state index in [0.29, 0.717) is 24.7 Å². The van der Waals surface area contributed by atoms with Crippen LogP contribution in [0.1, 0.15) is 26.7 Å². The van der Waals surface area contributed by atoms with Crippen LogP contribution in [0.25, 0.3) is 0 Å². The summed E-state index contributed by atoms with van der Waals surface area (Å²) in [5.41, 5.74) is 0. The Bertz CT molecular complexity index is 532. The second kappa shape index (κ2) is 10.0. The number of rotatable bonds is 10. The van der Waals surface area contributed by atoms with Crippen molar-refractivity contribution in [1.29, 1.82) is 0 Å². The van der Waals surface area contributed by atoms with E-state index in [9.17, 15) is 4.89 Å². The highest BCUT2D eigenvalue weighted by Gasteiger charge is 2.11. The van der Waals surface area contributed by atoms with E-state index in [1.54, 1.807) is 48.5 Å². The van der Waals surface area contributed by atoms with Crippen LogP contribution in [0.3, 0.4) is 0 Å². The summed E-state index contributed by atoms with van der Waals surface area (Å²) in [7, 11) is -2.06. The Labute approximate surface area is 144 Å². The maximum atomic E-state index is 9.94. The molecule has 5 nitrogen and oxygen atoms in total. The molecule has 0 saturated carbocycles. The van der Waals surface area contributed by atoms with E-state index < -0.39 is 8.60 Å². The summed E-state index contributed by atoms with van der Waals surface area (Å²) in [6.07, 6.45) is 1.91. The highest BCUT2D eigenvalue weighted by atomic mass is 31.2. The second-order valence-corrected chi connectivity index (χ2v) is 5.90. The highest BCUT2D eigenvalue weighted by molar-refractivity contribution is 7.41. The van der Waals surface area contributed by atoms with Crippen molar-refractivity contribution in [3.05, 3.63) is 48.5 Å². The number of hydrogen-bond donors (Lipinski definition) is 1. The summed E-state index contributed by atoms with van der Waals surface area (Å²) in [6, 6.07) is 14.1. The van der Waals surface area contributed by atoms with Crippen molar-refractivity contribution < 1.29 is 23.4 Å². The largest absolute Gasteiger partial charge is 0.494 e. The molecule has 0 atom stereocenters. The standard InChI is InChI=1S/C18H23O5P/c1-3-13-20-15-5-9-17(10-6-15)22-24(19)23-18-11-7-16(8-12-18)21-14-4-2/h5-12,19H,3-4,13-14H2,1-2H3. The summed E-state index contributed by atoms with van der Waals surface area (Å²) >= 11 is 0. The third-order valence-corrected chi connectivity index (χ3v) is 3.69. The molecule has 2 aromatic carbocycles. The Morgan fingerprint density at radius 1 is 0.667 bits per heavy atom. The Hall–Kier alpha value is -1.97. The maximum absolute atomic E-state index is 9.94. The lowest BCUT2D eigenvalue weighted by Gasteiger charge is -2.13. The van der Waals surface area contributed by atoms with Gasteiger partial charge in [0.2, 0.25) is 0 Å². The van der Waals surface area contributed by atoms with E-state index in [4.69, 9.17) is 18.5 Å². The molecule has 0 bridgehead atoms. The molecule has 0 aliphatic heterocycles. The van der Waals surface area contributed by atoms with E-state index in [2.05, 4.69) is 13.8 Å². The molecule has 0 heterocycles. The zero-order valence-electron chi connectivity index (χ0n) is 14.0. The predicted octanol–water partition coefficient (Wildman–Crippen LogP) is 4.94. The molecule has 0 fully saturated rings. The Morgan fingerprint density at radius 2 is 1.00 bits per heavy atom. The number of hydrogen-bond acceptors (Lipinski definition) is 5. The molecule has 0 unspecified atom stereocenters. The van der Waals surface area contributed by atoms with E-state index in [1.165, 1.54) is 0 Å². The number of ether oxygens (including phenoxy) is 2. The highest BCUT2D eigenvalue weighted by Crippen LogP contribution is 2.37. The van der Waals surface area contributed by atoms with Gasteiger partial charge in [-0.25, -0.2) is 0 Å². The van der Waals surface area contributed by atoms with Crippen LogP contribution in [0.5, 0.6) is 23.0 Å². The Morgan fingerprint density at radius 3 is 1.33 bits per heavy atom. The van der Waals surface area contributed by atoms with Crippen molar-refractivity contribution in [2.24, 2.45) is 0 Å². The summed E-state index contributed by atoms with van der Waals surface area (Å²) < 4.78 is 21.8. The molecule has 2 aromatic rings. The molecule has 130 valence electrons. The monoisotopic (exact) mass is 350 g/mol. The van der Waals surface area contributed by atoms with Crippen molar-refractivity contribution >= 4 is 8.60 Å². The minimum Gasteiger partial charge on any atom is -0.494 e. The van der Waals surface area contributed by atoms with Crippen LogP contribution >= 0.6 is 8.60 Å². The van der Waals surface area contributed by atoms with E-state index in [-0.39, 0.29) is 0 Å². The van der Waals surface area contributed by atoms with Gasteiger partial charge in [0.1, 0.15) is 23.0 Å². The smallest absolute Gasteiger partial charge is 0.460 e. The lowest BCUT2D eigenvalue weighted by molar-refractivity contribution is 0.316. The molecule has 0 aliphatic carbocycles. The molecule has 24 heavy (non-hydrogen) atoms. The minimum atomic E-state index is -2.06. The van der Waals surface area contributed by atoms with Crippen molar-refractivity contribution in [3.63, 3.8) is 0 Å². The van der Waals surface area contributed by atoms with Crippen LogP contribution in [-0.2, 0) is 0 Å². The minimum absolute atomic E-state index is 0.523. The quantitative estimate of drug-likeness (QED) is 0.615. The molecular formula is C18H23O5P. The van der Waals surface area contributed by atoms with Gasteiger partial charge in [-0.1, -0.05) is 13.8 Å². The molecule has 2 rings (SSSR count). The topological polar surface area (TPSA) is 57.2 Å². The van der Waals surface area contributed by atoms with E-state index in [0.717, 1.165) is 24.3 Å². The van der Waals surface area contributed by atoms with Gasteiger partial charge in [-0.15, -0.1) is 0 Å². The summed E-state index contributed by atoms with van der Waals surface area (Å²) in [5, 5.41) is 0. The first-order valence-corrected chi connectivity index (χ1v) is 9.15. The summed E-state index contributed by atoms with van der Waals surface area (Å²) in [4.78, 5) is 9.94. The zero-order chi connectivity index (χ0) is 17.2. The van der Waals surface area contributed by atoms with Crippen LogP contribution in [0.4, 0.5) is 0 Å². The van der Waals surface area contributed by atoms with Gasteiger partial charge in [-0.05, 0) is 61.4 Å².